The molecule has 1 aromatic carbocycles. The highest BCUT2D eigenvalue weighted by molar-refractivity contribution is 5.95. The van der Waals surface area contributed by atoms with Gasteiger partial charge in [0.1, 0.15) is 5.82 Å². The lowest BCUT2D eigenvalue weighted by atomic mass is 10.1. The average molecular weight is 233 g/mol. The SMILES string of the molecule is C#CC(CCC)NC(=O)c1cccc(C)c1F. The number of carbonyl (C=O) groups excluding carboxylic acids is 1. The molecule has 17 heavy (non-hydrogen) atoms. The molecule has 0 fully saturated rings. The fraction of sp³-hybridized carbons (Fsp3) is 0.357. The van der Waals surface area contributed by atoms with E-state index >= 15 is 0 Å². The van der Waals surface area contributed by atoms with Crippen molar-refractivity contribution in [1.29, 1.82) is 0 Å². The number of halogens is 1. The predicted octanol–water partition coefficient (Wildman–Crippen LogP) is 2.67. The molecule has 0 aliphatic carbocycles. The Hall–Kier alpha value is -1.82. The number of hydrogen-bond acceptors (Lipinski definition) is 1. The summed E-state index contributed by atoms with van der Waals surface area (Å²) in [4.78, 5) is 11.8. The third kappa shape index (κ3) is 3.32. The highest BCUT2D eigenvalue weighted by Gasteiger charge is 2.15. The first-order valence-corrected chi connectivity index (χ1v) is 5.62. The van der Waals surface area contributed by atoms with Gasteiger partial charge < -0.3 is 5.32 Å². The molecule has 1 amide bonds. The van der Waals surface area contributed by atoms with Crippen molar-refractivity contribution in [2.75, 3.05) is 0 Å². The van der Waals surface area contributed by atoms with E-state index < -0.39 is 11.7 Å². The lowest BCUT2D eigenvalue weighted by Gasteiger charge is -2.12. The van der Waals surface area contributed by atoms with Crippen molar-refractivity contribution in [2.24, 2.45) is 0 Å². The van der Waals surface area contributed by atoms with Crippen LogP contribution in [-0.4, -0.2) is 11.9 Å². The molecule has 2 nitrogen and oxygen atoms in total. The van der Waals surface area contributed by atoms with E-state index in [0.29, 0.717) is 12.0 Å². The summed E-state index contributed by atoms with van der Waals surface area (Å²) < 4.78 is 13.7. The van der Waals surface area contributed by atoms with Crippen LogP contribution >= 0.6 is 0 Å². The minimum atomic E-state index is -0.489. The monoisotopic (exact) mass is 233 g/mol. The third-order valence-corrected chi connectivity index (χ3v) is 2.52. The zero-order valence-electron chi connectivity index (χ0n) is 10.1. The van der Waals surface area contributed by atoms with Crippen molar-refractivity contribution < 1.29 is 9.18 Å². The molecule has 0 spiro atoms. The first-order valence-electron chi connectivity index (χ1n) is 5.62. The van der Waals surface area contributed by atoms with E-state index in [4.69, 9.17) is 6.42 Å². The molecule has 1 atom stereocenters. The Morgan fingerprint density at radius 1 is 1.59 bits per heavy atom. The van der Waals surface area contributed by atoms with Gasteiger partial charge in [-0.05, 0) is 25.0 Å². The van der Waals surface area contributed by atoms with Crippen LogP contribution in [-0.2, 0) is 0 Å². The van der Waals surface area contributed by atoms with Gasteiger partial charge in [-0.1, -0.05) is 31.4 Å². The topological polar surface area (TPSA) is 29.1 Å². The van der Waals surface area contributed by atoms with Crippen LogP contribution in [0.1, 0.15) is 35.7 Å². The van der Waals surface area contributed by atoms with Crippen LogP contribution in [0.3, 0.4) is 0 Å². The Morgan fingerprint density at radius 2 is 2.29 bits per heavy atom. The zero-order chi connectivity index (χ0) is 12.8. The molecule has 0 heterocycles. The van der Waals surface area contributed by atoms with Crippen LogP contribution in [0, 0.1) is 25.1 Å². The summed E-state index contributed by atoms with van der Waals surface area (Å²) in [6.07, 6.45) is 6.85. The largest absolute Gasteiger partial charge is 0.338 e. The van der Waals surface area contributed by atoms with Crippen LogP contribution in [0.2, 0.25) is 0 Å². The second-order valence-electron chi connectivity index (χ2n) is 3.92. The number of hydrogen-bond donors (Lipinski definition) is 1. The van der Waals surface area contributed by atoms with E-state index in [2.05, 4.69) is 11.2 Å². The number of aryl methyl sites for hydroxylation is 1. The van der Waals surface area contributed by atoms with Crippen LogP contribution in [0.15, 0.2) is 18.2 Å². The van der Waals surface area contributed by atoms with Gasteiger partial charge in [-0.15, -0.1) is 6.42 Å². The van der Waals surface area contributed by atoms with Crippen molar-refractivity contribution in [3.63, 3.8) is 0 Å². The number of terminal acetylenes is 1. The fourth-order valence-corrected chi connectivity index (χ4v) is 1.54. The third-order valence-electron chi connectivity index (χ3n) is 2.52. The van der Waals surface area contributed by atoms with Gasteiger partial charge in [0.15, 0.2) is 0 Å². The van der Waals surface area contributed by atoms with Crippen molar-refractivity contribution >= 4 is 5.91 Å². The zero-order valence-corrected chi connectivity index (χ0v) is 10.1. The molecule has 0 aliphatic rings. The maximum absolute atomic E-state index is 13.7. The summed E-state index contributed by atoms with van der Waals surface area (Å²) >= 11 is 0. The molecule has 1 aromatic rings. The number of nitrogens with one attached hydrogen (secondary N) is 1. The molecule has 3 heteroatoms. The summed E-state index contributed by atoms with van der Waals surface area (Å²) in [5.41, 5.74) is 0.492. The molecule has 0 saturated carbocycles. The summed E-state index contributed by atoms with van der Waals surface area (Å²) in [6.45, 7) is 3.60. The molecule has 90 valence electrons. The van der Waals surface area contributed by atoms with Crippen molar-refractivity contribution in [1.82, 2.24) is 5.32 Å². The molecule has 1 rings (SSSR count). The Bertz CT molecular complexity index is 448. The van der Waals surface area contributed by atoms with Crippen LogP contribution in [0.5, 0.6) is 0 Å². The quantitative estimate of drug-likeness (QED) is 0.796. The Kier molecular flexibility index (Phi) is 4.71. The van der Waals surface area contributed by atoms with Crippen molar-refractivity contribution in [2.45, 2.75) is 32.7 Å². The first-order chi connectivity index (χ1) is 8.10. The normalized spacial score (nSPS) is 11.6. The molecular formula is C14H16FNO. The van der Waals surface area contributed by atoms with Gasteiger partial charge >= 0.3 is 0 Å². The molecule has 0 saturated heterocycles. The minimum Gasteiger partial charge on any atom is -0.338 e. The molecule has 0 radical (unpaired) electrons. The number of amides is 1. The summed E-state index contributed by atoms with van der Waals surface area (Å²) in [5.74, 6) is 1.54. The van der Waals surface area contributed by atoms with Gasteiger partial charge in [0, 0.05) is 0 Å². The van der Waals surface area contributed by atoms with E-state index in [1.54, 1.807) is 19.1 Å². The van der Waals surface area contributed by atoms with E-state index in [1.165, 1.54) is 6.07 Å². The molecule has 0 bridgehead atoms. The van der Waals surface area contributed by atoms with E-state index in [9.17, 15) is 9.18 Å². The van der Waals surface area contributed by atoms with E-state index in [1.807, 2.05) is 6.92 Å². The van der Waals surface area contributed by atoms with Gasteiger partial charge in [0.05, 0.1) is 11.6 Å². The molecular weight excluding hydrogens is 217 g/mol. The van der Waals surface area contributed by atoms with Crippen LogP contribution in [0.25, 0.3) is 0 Å². The summed E-state index contributed by atoms with van der Waals surface area (Å²) in [6, 6.07) is 4.39. The predicted molar refractivity (Wildman–Crippen MR) is 66.1 cm³/mol. The highest BCUT2D eigenvalue weighted by atomic mass is 19.1. The Labute approximate surface area is 101 Å². The maximum atomic E-state index is 13.7. The number of carbonyl (C=O) groups is 1. The number of benzene rings is 1. The van der Waals surface area contributed by atoms with E-state index in [-0.39, 0.29) is 11.6 Å². The second-order valence-corrected chi connectivity index (χ2v) is 3.92. The Morgan fingerprint density at radius 3 is 2.88 bits per heavy atom. The van der Waals surface area contributed by atoms with Crippen LogP contribution in [0.4, 0.5) is 4.39 Å². The Balaban J connectivity index is 2.83. The average Bonchev–Trinajstić information content (AvgIpc) is 2.31. The second kappa shape index (κ2) is 6.05. The van der Waals surface area contributed by atoms with Crippen LogP contribution < -0.4 is 5.32 Å². The van der Waals surface area contributed by atoms with Crippen molar-refractivity contribution in [3.05, 3.63) is 35.1 Å². The maximum Gasteiger partial charge on any atom is 0.255 e. The van der Waals surface area contributed by atoms with Crippen molar-refractivity contribution in [3.8, 4) is 12.3 Å². The molecule has 1 unspecified atom stereocenters. The summed E-state index contributed by atoms with van der Waals surface area (Å²) in [5, 5.41) is 2.64. The van der Waals surface area contributed by atoms with Gasteiger partial charge in [0.2, 0.25) is 0 Å². The van der Waals surface area contributed by atoms with E-state index in [0.717, 1.165) is 6.42 Å². The lowest BCUT2D eigenvalue weighted by Crippen LogP contribution is -2.34. The van der Waals surface area contributed by atoms with Gasteiger partial charge in [-0.2, -0.15) is 0 Å². The standard InChI is InChI=1S/C14H16FNO/c1-4-7-11(5-2)16-14(17)12-9-6-8-10(3)13(12)15/h2,6,8-9,11H,4,7H2,1,3H3,(H,16,17). The fourth-order valence-electron chi connectivity index (χ4n) is 1.54. The molecule has 1 N–H and O–H groups in total. The smallest absolute Gasteiger partial charge is 0.255 e. The molecule has 0 aliphatic heterocycles. The van der Waals surface area contributed by atoms with Gasteiger partial charge in [-0.3, -0.25) is 4.79 Å². The first kappa shape index (κ1) is 13.2. The minimum absolute atomic E-state index is 0.0429. The molecule has 0 aromatic heterocycles. The van der Waals surface area contributed by atoms with Gasteiger partial charge in [-0.25, -0.2) is 4.39 Å². The summed E-state index contributed by atoms with van der Waals surface area (Å²) in [7, 11) is 0. The highest BCUT2D eigenvalue weighted by Crippen LogP contribution is 2.12. The number of rotatable bonds is 4. The van der Waals surface area contributed by atoms with Gasteiger partial charge in [0.25, 0.3) is 5.91 Å². The lowest BCUT2D eigenvalue weighted by molar-refractivity contribution is 0.0940.